The molecule has 1 rings (SSSR count). The number of rotatable bonds is 6. The van der Waals surface area contributed by atoms with Gasteiger partial charge in [-0.25, -0.2) is 9.78 Å². The van der Waals surface area contributed by atoms with Gasteiger partial charge >= 0.3 is 5.97 Å². The fraction of sp³-hybridized carbons (Fsp3) is 0.500. The molecule has 1 amide bonds. The van der Waals surface area contributed by atoms with Gasteiger partial charge in [0.15, 0.2) is 0 Å². The molecule has 1 aromatic rings. The topological polar surface area (TPSA) is 88.5 Å². The molecule has 0 aliphatic carbocycles. The van der Waals surface area contributed by atoms with Crippen LogP contribution in [0.25, 0.3) is 0 Å². The van der Waals surface area contributed by atoms with Crippen LogP contribution in [0.4, 0.5) is 0 Å². The van der Waals surface area contributed by atoms with Gasteiger partial charge in [-0.2, -0.15) is 0 Å². The van der Waals surface area contributed by atoms with Crippen molar-refractivity contribution in [3.63, 3.8) is 0 Å². The zero-order chi connectivity index (χ0) is 15.3. The second-order valence-electron chi connectivity index (χ2n) is 5.06. The zero-order valence-corrected chi connectivity index (χ0v) is 12.1. The summed E-state index contributed by atoms with van der Waals surface area (Å²) in [4.78, 5) is 27.1. The molecule has 0 bridgehead atoms. The molecule has 0 spiro atoms. The highest BCUT2D eigenvalue weighted by Gasteiger charge is 2.24. The number of carbonyl (C=O) groups is 2. The van der Waals surface area contributed by atoms with Gasteiger partial charge in [-0.05, 0) is 25.8 Å². The van der Waals surface area contributed by atoms with Crippen molar-refractivity contribution >= 4 is 11.9 Å². The molecule has 0 aromatic carbocycles. The van der Waals surface area contributed by atoms with Crippen molar-refractivity contribution in [3.8, 4) is 5.88 Å². The Morgan fingerprint density at radius 3 is 2.40 bits per heavy atom. The van der Waals surface area contributed by atoms with Gasteiger partial charge < -0.3 is 15.2 Å². The maximum absolute atomic E-state index is 12.0. The van der Waals surface area contributed by atoms with Crippen molar-refractivity contribution in [1.82, 2.24) is 10.3 Å². The third-order valence-electron chi connectivity index (χ3n) is 2.53. The molecule has 1 heterocycles. The Morgan fingerprint density at radius 1 is 1.25 bits per heavy atom. The van der Waals surface area contributed by atoms with Crippen LogP contribution in [0.3, 0.4) is 0 Å². The van der Waals surface area contributed by atoms with Crippen LogP contribution in [-0.4, -0.2) is 34.1 Å². The van der Waals surface area contributed by atoms with Crippen LogP contribution in [0.5, 0.6) is 5.88 Å². The molecule has 1 aromatic heterocycles. The highest BCUT2D eigenvalue weighted by atomic mass is 16.5. The SMILES string of the molecule is CC(C)Oc1cccc(C(=O)NC(C(=O)O)C(C)C)n1. The van der Waals surface area contributed by atoms with Crippen LogP contribution in [0.2, 0.25) is 0 Å². The molecule has 0 saturated heterocycles. The number of carboxylic acid groups (broad SMARTS) is 1. The van der Waals surface area contributed by atoms with Crippen LogP contribution < -0.4 is 10.1 Å². The number of nitrogens with one attached hydrogen (secondary N) is 1. The lowest BCUT2D eigenvalue weighted by molar-refractivity contribution is -0.140. The first-order valence-electron chi connectivity index (χ1n) is 6.48. The van der Waals surface area contributed by atoms with Crippen molar-refractivity contribution in [3.05, 3.63) is 23.9 Å². The minimum absolute atomic E-state index is 0.0526. The van der Waals surface area contributed by atoms with Crippen LogP contribution in [-0.2, 0) is 4.79 Å². The summed E-state index contributed by atoms with van der Waals surface area (Å²) >= 11 is 0. The first-order valence-corrected chi connectivity index (χ1v) is 6.48. The summed E-state index contributed by atoms with van der Waals surface area (Å²) in [6.45, 7) is 7.16. The van der Waals surface area contributed by atoms with Crippen molar-refractivity contribution in [2.45, 2.75) is 39.8 Å². The third-order valence-corrected chi connectivity index (χ3v) is 2.53. The van der Waals surface area contributed by atoms with E-state index in [1.807, 2.05) is 13.8 Å². The smallest absolute Gasteiger partial charge is 0.326 e. The van der Waals surface area contributed by atoms with Crippen molar-refractivity contribution in [1.29, 1.82) is 0 Å². The van der Waals surface area contributed by atoms with Crippen molar-refractivity contribution < 1.29 is 19.4 Å². The molecular formula is C14H20N2O4. The van der Waals surface area contributed by atoms with Crippen LogP contribution in [0, 0.1) is 5.92 Å². The highest BCUT2D eigenvalue weighted by Crippen LogP contribution is 2.10. The lowest BCUT2D eigenvalue weighted by Gasteiger charge is -2.17. The molecule has 0 radical (unpaired) electrons. The second-order valence-corrected chi connectivity index (χ2v) is 5.06. The Kier molecular flexibility index (Phi) is 5.49. The Hall–Kier alpha value is -2.11. The standard InChI is InChI=1S/C14H20N2O4/c1-8(2)12(14(18)19)16-13(17)10-6-5-7-11(15-10)20-9(3)4/h5-9,12H,1-4H3,(H,16,17)(H,18,19). The summed E-state index contributed by atoms with van der Waals surface area (Å²) in [7, 11) is 0. The maximum Gasteiger partial charge on any atom is 0.326 e. The minimum Gasteiger partial charge on any atom is -0.480 e. The number of amides is 1. The summed E-state index contributed by atoms with van der Waals surface area (Å²) < 4.78 is 5.40. The van der Waals surface area contributed by atoms with Crippen molar-refractivity contribution in [2.75, 3.05) is 0 Å². The molecule has 0 saturated carbocycles. The van der Waals surface area contributed by atoms with E-state index < -0.39 is 17.9 Å². The highest BCUT2D eigenvalue weighted by molar-refractivity contribution is 5.95. The lowest BCUT2D eigenvalue weighted by Crippen LogP contribution is -2.44. The number of ether oxygens (including phenoxy) is 1. The quantitative estimate of drug-likeness (QED) is 0.828. The monoisotopic (exact) mass is 280 g/mol. The number of aromatic nitrogens is 1. The summed E-state index contributed by atoms with van der Waals surface area (Å²) in [5.41, 5.74) is 0.134. The summed E-state index contributed by atoms with van der Waals surface area (Å²) in [6.07, 6.45) is -0.0526. The van der Waals surface area contributed by atoms with E-state index in [2.05, 4.69) is 10.3 Å². The molecule has 6 nitrogen and oxygen atoms in total. The summed E-state index contributed by atoms with van der Waals surface area (Å²) in [5.74, 6) is -1.47. The fourth-order valence-corrected chi connectivity index (χ4v) is 1.58. The van der Waals surface area contributed by atoms with Crippen molar-refractivity contribution in [2.24, 2.45) is 5.92 Å². The Balaban J connectivity index is 2.84. The number of aliphatic carboxylic acids is 1. The van der Waals surface area contributed by atoms with Gasteiger partial charge in [0.2, 0.25) is 5.88 Å². The Labute approximate surface area is 118 Å². The van der Waals surface area contributed by atoms with E-state index in [1.165, 1.54) is 6.07 Å². The normalized spacial score (nSPS) is 12.3. The van der Waals surface area contributed by atoms with Gasteiger partial charge in [0, 0.05) is 6.07 Å². The number of nitrogens with zero attached hydrogens (tertiary/aromatic N) is 1. The molecule has 2 N–H and O–H groups in total. The average molecular weight is 280 g/mol. The first-order chi connectivity index (χ1) is 9.31. The van der Waals surface area contributed by atoms with E-state index in [9.17, 15) is 9.59 Å². The summed E-state index contributed by atoms with van der Waals surface area (Å²) in [5, 5.41) is 11.5. The molecule has 0 aliphatic heterocycles. The van der Waals surface area contributed by atoms with E-state index in [0.717, 1.165) is 0 Å². The molecule has 20 heavy (non-hydrogen) atoms. The number of carbonyl (C=O) groups excluding carboxylic acids is 1. The number of hydrogen-bond donors (Lipinski definition) is 2. The Bertz CT molecular complexity index is 486. The lowest BCUT2D eigenvalue weighted by atomic mass is 10.0. The van der Waals surface area contributed by atoms with Crippen LogP contribution >= 0.6 is 0 Å². The third kappa shape index (κ3) is 4.53. The average Bonchev–Trinajstić information content (AvgIpc) is 2.34. The van der Waals surface area contributed by atoms with Gasteiger partial charge in [0.05, 0.1) is 6.10 Å². The maximum atomic E-state index is 12.0. The van der Waals surface area contributed by atoms with Crippen LogP contribution in [0.1, 0.15) is 38.2 Å². The van der Waals surface area contributed by atoms with Gasteiger partial charge in [-0.3, -0.25) is 4.79 Å². The van der Waals surface area contributed by atoms with E-state index >= 15 is 0 Å². The second kappa shape index (κ2) is 6.88. The van der Waals surface area contributed by atoms with E-state index in [0.29, 0.717) is 5.88 Å². The first kappa shape index (κ1) is 15.9. The molecule has 1 unspecified atom stereocenters. The largest absolute Gasteiger partial charge is 0.480 e. The minimum atomic E-state index is -1.07. The van der Waals surface area contributed by atoms with E-state index in [-0.39, 0.29) is 17.7 Å². The number of hydrogen-bond acceptors (Lipinski definition) is 4. The van der Waals surface area contributed by atoms with E-state index in [4.69, 9.17) is 9.84 Å². The van der Waals surface area contributed by atoms with Gasteiger partial charge in [0.1, 0.15) is 11.7 Å². The fourth-order valence-electron chi connectivity index (χ4n) is 1.58. The molecule has 1 atom stereocenters. The molecule has 6 heteroatoms. The zero-order valence-electron chi connectivity index (χ0n) is 12.1. The number of pyridine rings is 1. The van der Waals surface area contributed by atoms with E-state index in [1.54, 1.807) is 26.0 Å². The summed E-state index contributed by atoms with van der Waals surface area (Å²) in [6, 6.07) is 3.86. The van der Waals surface area contributed by atoms with Gasteiger partial charge in [0.25, 0.3) is 5.91 Å². The van der Waals surface area contributed by atoms with Crippen LogP contribution in [0.15, 0.2) is 18.2 Å². The van der Waals surface area contributed by atoms with Gasteiger partial charge in [-0.1, -0.05) is 19.9 Å². The predicted molar refractivity (Wildman–Crippen MR) is 73.7 cm³/mol. The molecular weight excluding hydrogens is 260 g/mol. The molecule has 0 fully saturated rings. The molecule has 0 aliphatic rings. The molecule has 110 valence electrons. The number of carboxylic acids is 1. The Morgan fingerprint density at radius 2 is 1.90 bits per heavy atom. The predicted octanol–water partition coefficient (Wildman–Crippen LogP) is 1.71. The van der Waals surface area contributed by atoms with Gasteiger partial charge in [-0.15, -0.1) is 0 Å².